The molecule has 1 unspecified atom stereocenters. The molecule has 2 N–H and O–H groups in total. The van der Waals surface area contributed by atoms with Gasteiger partial charge in [0, 0.05) is 28.2 Å². The van der Waals surface area contributed by atoms with E-state index < -0.39 is 0 Å². The summed E-state index contributed by atoms with van der Waals surface area (Å²) < 4.78 is 2.08. The Balaban J connectivity index is 1.65. The van der Waals surface area contributed by atoms with Crippen LogP contribution in [0, 0.1) is 0 Å². The van der Waals surface area contributed by atoms with Gasteiger partial charge in [0.1, 0.15) is 0 Å². The zero-order valence-corrected chi connectivity index (χ0v) is 16.7. The lowest BCUT2D eigenvalue weighted by Gasteiger charge is -2.19. The molecule has 0 aliphatic carbocycles. The fourth-order valence-corrected chi connectivity index (χ4v) is 3.15. The molecule has 0 aliphatic heterocycles. The van der Waals surface area contributed by atoms with Crippen LogP contribution in [0.3, 0.4) is 0 Å². The average Bonchev–Trinajstić information content (AvgIpc) is 3.05. The van der Waals surface area contributed by atoms with Gasteiger partial charge >= 0.3 is 0 Å². The first-order valence-electron chi connectivity index (χ1n) is 9.13. The second-order valence-corrected chi connectivity index (χ2v) is 6.90. The summed E-state index contributed by atoms with van der Waals surface area (Å²) >= 11 is 0. The van der Waals surface area contributed by atoms with Crippen LogP contribution in [-0.4, -0.2) is 36.7 Å². The van der Waals surface area contributed by atoms with Crippen molar-refractivity contribution >= 4 is 22.7 Å². The molecule has 1 atom stereocenters. The Bertz CT molecular complexity index is 941. The molecule has 142 valence electrons. The highest BCUT2D eigenvalue weighted by Crippen LogP contribution is 2.20. The summed E-state index contributed by atoms with van der Waals surface area (Å²) in [5.74, 6) is 1.70. The van der Waals surface area contributed by atoms with Gasteiger partial charge in [-0.2, -0.15) is 0 Å². The number of guanidine groups is 1. The van der Waals surface area contributed by atoms with Gasteiger partial charge in [-0.15, -0.1) is 0 Å². The van der Waals surface area contributed by atoms with Crippen LogP contribution >= 0.6 is 0 Å². The van der Waals surface area contributed by atoms with Crippen LogP contribution < -0.4 is 15.5 Å². The van der Waals surface area contributed by atoms with Crippen LogP contribution in [0.1, 0.15) is 24.2 Å². The van der Waals surface area contributed by atoms with Crippen LogP contribution in [0.4, 0.5) is 5.95 Å². The van der Waals surface area contributed by atoms with E-state index in [1.54, 1.807) is 7.05 Å². The molecule has 0 fully saturated rings. The highest BCUT2D eigenvalue weighted by Gasteiger charge is 2.11. The molecule has 0 saturated heterocycles. The minimum atomic E-state index is 0.143. The first-order chi connectivity index (χ1) is 13.0. The molecule has 1 heterocycles. The number of fused-ring (bicyclic) bond motifs is 1. The van der Waals surface area contributed by atoms with Gasteiger partial charge in [0.15, 0.2) is 5.96 Å². The summed E-state index contributed by atoms with van der Waals surface area (Å²) in [6.07, 6.45) is 1.89. The monoisotopic (exact) mass is 364 g/mol. The summed E-state index contributed by atoms with van der Waals surface area (Å²) in [6.45, 7) is 2.80. The Morgan fingerprint density at radius 2 is 1.93 bits per heavy atom. The lowest BCUT2D eigenvalue weighted by atomic mass is 10.0. The normalized spacial score (nSPS) is 12.9. The van der Waals surface area contributed by atoms with E-state index in [1.165, 1.54) is 16.3 Å². The van der Waals surface area contributed by atoms with E-state index in [0.29, 0.717) is 6.54 Å². The number of hydrogen-bond acceptors (Lipinski definition) is 3. The first kappa shape index (κ1) is 18.8. The van der Waals surface area contributed by atoms with Crippen molar-refractivity contribution in [1.29, 1.82) is 0 Å². The molecule has 6 heteroatoms. The molecule has 1 aromatic heterocycles. The van der Waals surface area contributed by atoms with E-state index in [1.807, 2.05) is 32.2 Å². The van der Waals surface area contributed by atoms with Crippen LogP contribution in [0.5, 0.6) is 0 Å². The molecule has 0 aliphatic rings. The number of aliphatic imine (C=N–C) groups is 1. The first-order valence-corrected chi connectivity index (χ1v) is 9.13. The molecule has 0 radical (unpaired) electrons. The van der Waals surface area contributed by atoms with Gasteiger partial charge in [-0.05, 0) is 29.3 Å². The van der Waals surface area contributed by atoms with Crippen LogP contribution in [0.25, 0.3) is 10.8 Å². The SMILES string of the molecule is CN=C(NCc1cnc(N(C)C)n1C)NC(C)c1ccc2ccccc2c1. The van der Waals surface area contributed by atoms with Crippen molar-refractivity contribution in [2.45, 2.75) is 19.5 Å². The van der Waals surface area contributed by atoms with Crippen LogP contribution in [-0.2, 0) is 13.6 Å². The van der Waals surface area contributed by atoms with Crippen molar-refractivity contribution in [1.82, 2.24) is 20.2 Å². The quantitative estimate of drug-likeness (QED) is 0.540. The van der Waals surface area contributed by atoms with E-state index in [-0.39, 0.29) is 6.04 Å². The second-order valence-electron chi connectivity index (χ2n) is 6.90. The lowest BCUT2D eigenvalue weighted by molar-refractivity contribution is 0.676. The molecule has 0 bridgehead atoms. The van der Waals surface area contributed by atoms with Crippen LogP contribution in [0.15, 0.2) is 53.7 Å². The van der Waals surface area contributed by atoms with Gasteiger partial charge in [-0.1, -0.05) is 36.4 Å². The average molecular weight is 364 g/mol. The van der Waals surface area contributed by atoms with E-state index in [2.05, 4.69) is 74.6 Å². The number of nitrogens with one attached hydrogen (secondary N) is 2. The fourth-order valence-electron chi connectivity index (χ4n) is 3.15. The molecule has 0 saturated carbocycles. The predicted molar refractivity (Wildman–Crippen MR) is 113 cm³/mol. The molecular formula is C21H28N6. The van der Waals surface area contributed by atoms with Crippen molar-refractivity contribution in [3.05, 3.63) is 59.9 Å². The van der Waals surface area contributed by atoms with Crippen LogP contribution in [0.2, 0.25) is 0 Å². The number of imidazole rings is 1. The van der Waals surface area contributed by atoms with Gasteiger partial charge in [-0.3, -0.25) is 4.99 Å². The summed E-state index contributed by atoms with van der Waals surface area (Å²) in [5.41, 5.74) is 2.33. The highest BCUT2D eigenvalue weighted by atomic mass is 15.3. The van der Waals surface area contributed by atoms with Gasteiger partial charge in [0.05, 0.1) is 24.5 Å². The fraction of sp³-hybridized carbons (Fsp3) is 0.333. The summed E-state index contributed by atoms with van der Waals surface area (Å²) in [7, 11) is 7.79. The van der Waals surface area contributed by atoms with E-state index in [0.717, 1.165) is 17.6 Å². The number of hydrogen-bond donors (Lipinski definition) is 2. The third-order valence-electron chi connectivity index (χ3n) is 4.75. The highest BCUT2D eigenvalue weighted by molar-refractivity contribution is 5.84. The molecule has 2 aromatic carbocycles. The topological polar surface area (TPSA) is 57.5 Å². The zero-order chi connectivity index (χ0) is 19.4. The molecule has 3 aromatic rings. The van der Waals surface area contributed by atoms with Crippen molar-refractivity contribution in [3.63, 3.8) is 0 Å². The Morgan fingerprint density at radius 1 is 1.19 bits per heavy atom. The van der Waals surface area contributed by atoms with Crippen molar-refractivity contribution in [2.24, 2.45) is 12.0 Å². The Morgan fingerprint density at radius 3 is 2.59 bits per heavy atom. The second kappa shape index (κ2) is 8.12. The smallest absolute Gasteiger partial charge is 0.204 e. The van der Waals surface area contributed by atoms with Gasteiger partial charge in [0.25, 0.3) is 0 Å². The maximum Gasteiger partial charge on any atom is 0.204 e. The molecule has 0 amide bonds. The Kier molecular flexibility index (Phi) is 5.64. The number of aromatic nitrogens is 2. The third kappa shape index (κ3) is 4.22. The molecule has 0 spiro atoms. The maximum atomic E-state index is 4.45. The Hall–Kier alpha value is -3.02. The van der Waals surface area contributed by atoms with Gasteiger partial charge in [-0.25, -0.2) is 4.98 Å². The molecular weight excluding hydrogens is 336 g/mol. The number of rotatable bonds is 5. The lowest BCUT2D eigenvalue weighted by Crippen LogP contribution is -2.38. The number of nitrogens with zero attached hydrogens (tertiary/aromatic N) is 4. The molecule has 6 nitrogen and oxygen atoms in total. The van der Waals surface area contributed by atoms with Crippen molar-refractivity contribution in [3.8, 4) is 0 Å². The maximum absolute atomic E-state index is 4.45. The van der Waals surface area contributed by atoms with E-state index in [9.17, 15) is 0 Å². The minimum Gasteiger partial charge on any atom is -0.351 e. The van der Waals surface area contributed by atoms with Gasteiger partial charge in [0.2, 0.25) is 5.95 Å². The van der Waals surface area contributed by atoms with Crippen molar-refractivity contribution in [2.75, 3.05) is 26.0 Å². The summed E-state index contributed by atoms with van der Waals surface area (Å²) in [5, 5.41) is 9.34. The molecule has 3 rings (SSSR count). The van der Waals surface area contributed by atoms with Gasteiger partial charge < -0.3 is 20.1 Å². The number of benzene rings is 2. The van der Waals surface area contributed by atoms with E-state index >= 15 is 0 Å². The summed E-state index contributed by atoms with van der Waals surface area (Å²) in [6, 6.07) is 15.1. The van der Waals surface area contributed by atoms with E-state index in [4.69, 9.17) is 0 Å². The third-order valence-corrected chi connectivity index (χ3v) is 4.75. The summed E-state index contributed by atoms with van der Waals surface area (Å²) in [4.78, 5) is 10.8. The predicted octanol–water partition coefficient (Wildman–Crippen LogP) is 3.07. The minimum absolute atomic E-state index is 0.143. The van der Waals surface area contributed by atoms with Crippen molar-refractivity contribution < 1.29 is 0 Å². The Labute approximate surface area is 160 Å². The standard InChI is InChI=1S/C21H28N6/c1-15(17-11-10-16-8-6-7-9-18(16)12-17)25-20(22-2)23-13-19-14-24-21(26(3)4)27(19)5/h6-12,14-15H,13H2,1-5H3,(H2,22,23,25). The molecule has 27 heavy (non-hydrogen) atoms. The zero-order valence-electron chi connectivity index (χ0n) is 16.7. The largest absolute Gasteiger partial charge is 0.351 e. The number of anilines is 1.